The Morgan fingerprint density at radius 1 is 1.17 bits per heavy atom. The molecule has 0 spiro atoms. The minimum Gasteiger partial charge on any atom is -0.493 e. The molecule has 30 heavy (non-hydrogen) atoms. The van der Waals surface area contributed by atoms with Gasteiger partial charge in [-0.2, -0.15) is 0 Å². The van der Waals surface area contributed by atoms with Crippen LogP contribution in [0.25, 0.3) is 11.0 Å². The maximum Gasteiger partial charge on any atom is 0.251 e. The maximum atomic E-state index is 12.7. The van der Waals surface area contributed by atoms with E-state index in [1.807, 2.05) is 48.0 Å². The van der Waals surface area contributed by atoms with Crippen molar-refractivity contribution >= 4 is 44.2 Å². The van der Waals surface area contributed by atoms with Crippen LogP contribution in [0.5, 0.6) is 11.5 Å². The fraction of sp³-hybridized carbons (Fsp3) is 0.182. The number of aromatic nitrogens is 2. The van der Waals surface area contributed by atoms with E-state index in [0.29, 0.717) is 30.2 Å². The number of ether oxygens (including phenoxy) is 2. The lowest BCUT2D eigenvalue weighted by molar-refractivity contribution is 0.0949. The first-order chi connectivity index (χ1) is 14.5. The molecular weight excluding hydrogens is 466 g/mol. The zero-order valence-electron chi connectivity index (χ0n) is 16.5. The van der Waals surface area contributed by atoms with E-state index in [4.69, 9.17) is 9.47 Å². The summed E-state index contributed by atoms with van der Waals surface area (Å²) in [5.74, 6) is 1.70. The largest absolute Gasteiger partial charge is 0.493 e. The standard InChI is InChI=1S/C22H20BrN3O3S/c1-26-17-6-4-3-5-16(17)25-21(26)12-24-22(27)14-7-9-18(19(11-14)28-2)29-13-15-8-10-20(23)30-15/h3-11H,12-13H2,1-2H3,(H,24,27). The van der Waals surface area contributed by atoms with Gasteiger partial charge in [0.15, 0.2) is 11.5 Å². The first-order valence-corrected chi connectivity index (χ1v) is 10.9. The summed E-state index contributed by atoms with van der Waals surface area (Å²) in [6.07, 6.45) is 0. The fourth-order valence-corrected chi connectivity index (χ4v) is 4.52. The van der Waals surface area contributed by atoms with Gasteiger partial charge in [0.2, 0.25) is 0 Å². The van der Waals surface area contributed by atoms with Gasteiger partial charge >= 0.3 is 0 Å². The van der Waals surface area contributed by atoms with Crippen molar-refractivity contribution < 1.29 is 14.3 Å². The summed E-state index contributed by atoms with van der Waals surface area (Å²) >= 11 is 5.06. The molecule has 0 aliphatic rings. The molecule has 4 rings (SSSR count). The molecule has 2 aromatic carbocycles. The average molecular weight is 486 g/mol. The summed E-state index contributed by atoms with van der Waals surface area (Å²) in [4.78, 5) is 18.3. The number of imidazole rings is 1. The molecule has 0 aliphatic carbocycles. The monoisotopic (exact) mass is 485 g/mol. The van der Waals surface area contributed by atoms with Crippen molar-refractivity contribution in [2.45, 2.75) is 13.2 Å². The number of carbonyl (C=O) groups excluding carboxylic acids is 1. The molecule has 0 atom stereocenters. The van der Waals surface area contributed by atoms with Crippen LogP contribution in [0.15, 0.2) is 58.4 Å². The zero-order valence-corrected chi connectivity index (χ0v) is 18.9. The van der Waals surface area contributed by atoms with Crippen LogP contribution in [0.3, 0.4) is 0 Å². The molecule has 2 aromatic heterocycles. The van der Waals surface area contributed by atoms with E-state index in [1.54, 1.807) is 36.6 Å². The van der Waals surface area contributed by atoms with Crippen LogP contribution in [0.1, 0.15) is 21.1 Å². The Hall–Kier alpha value is -2.84. The van der Waals surface area contributed by atoms with Crippen molar-refractivity contribution in [1.29, 1.82) is 0 Å². The fourth-order valence-electron chi connectivity index (χ4n) is 3.12. The number of hydrogen-bond acceptors (Lipinski definition) is 5. The van der Waals surface area contributed by atoms with Gasteiger partial charge < -0.3 is 19.4 Å². The normalized spacial score (nSPS) is 10.9. The second kappa shape index (κ2) is 8.89. The molecule has 0 aliphatic heterocycles. The molecule has 0 bridgehead atoms. The highest BCUT2D eigenvalue weighted by atomic mass is 79.9. The number of benzene rings is 2. The van der Waals surface area contributed by atoms with Gasteiger partial charge in [-0.1, -0.05) is 12.1 Å². The van der Waals surface area contributed by atoms with Gasteiger partial charge in [-0.25, -0.2) is 4.98 Å². The number of amides is 1. The molecule has 0 saturated carbocycles. The molecule has 1 amide bonds. The van der Waals surface area contributed by atoms with E-state index in [-0.39, 0.29) is 5.91 Å². The maximum absolute atomic E-state index is 12.7. The number of rotatable bonds is 7. The van der Waals surface area contributed by atoms with Crippen LogP contribution in [0.2, 0.25) is 0 Å². The molecule has 0 radical (unpaired) electrons. The Morgan fingerprint density at radius 3 is 2.73 bits per heavy atom. The summed E-state index contributed by atoms with van der Waals surface area (Å²) < 4.78 is 14.3. The summed E-state index contributed by atoms with van der Waals surface area (Å²) in [5.41, 5.74) is 2.43. The van der Waals surface area contributed by atoms with Crippen molar-refractivity contribution in [2.75, 3.05) is 7.11 Å². The van der Waals surface area contributed by atoms with Crippen molar-refractivity contribution in [2.24, 2.45) is 7.05 Å². The summed E-state index contributed by atoms with van der Waals surface area (Å²) in [7, 11) is 3.50. The third-order valence-corrected chi connectivity index (χ3v) is 6.31. The van der Waals surface area contributed by atoms with Gasteiger partial charge in [0, 0.05) is 17.5 Å². The summed E-state index contributed by atoms with van der Waals surface area (Å²) in [5, 5.41) is 2.93. The van der Waals surface area contributed by atoms with Gasteiger partial charge in [0.1, 0.15) is 12.4 Å². The molecule has 2 heterocycles. The number of nitrogens with one attached hydrogen (secondary N) is 1. The summed E-state index contributed by atoms with van der Waals surface area (Å²) in [6, 6.07) is 17.0. The molecule has 4 aromatic rings. The minimum absolute atomic E-state index is 0.200. The number of carbonyl (C=O) groups is 1. The van der Waals surface area contributed by atoms with E-state index in [1.165, 1.54) is 0 Å². The van der Waals surface area contributed by atoms with Crippen LogP contribution in [0, 0.1) is 0 Å². The zero-order chi connectivity index (χ0) is 21.1. The van der Waals surface area contributed by atoms with E-state index in [0.717, 1.165) is 25.5 Å². The Balaban J connectivity index is 1.43. The SMILES string of the molecule is COc1cc(C(=O)NCc2nc3ccccc3n2C)ccc1OCc1ccc(Br)s1. The van der Waals surface area contributed by atoms with Gasteiger partial charge in [0.05, 0.1) is 28.5 Å². The number of fused-ring (bicyclic) bond motifs is 1. The summed E-state index contributed by atoms with van der Waals surface area (Å²) in [6.45, 7) is 0.767. The lowest BCUT2D eigenvalue weighted by atomic mass is 10.2. The van der Waals surface area contributed by atoms with Gasteiger partial charge in [0.25, 0.3) is 5.91 Å². The lowest BCUT2D eigenvalue weighted by Gasteiger charge is -2.12. The van der Waals surface area contributed by atoms with Gasteiger partial charge in [-0.3, -0.25) is 4.79 Å². The average Bonchev–Trinajstić information content (AvgIpc) is 3.33. The van der Waals surface area contributed by atoms with Crippen molar-refractivity contribution in [3.8, 4) is 11.5 Å². The van der Waals surface area contributed by atoms with E-state index >= 15 is 0 Å². The minimum atomic E-state index is -0.200. The second-order valence-corrected chi connectivity index (χ2v) is 9.17. The number of hydrogen-bond donors (Lipinski definition) is 1. The number of thiophene rings is 1. The smallest absolute Gasteiger partial charge is 0.251 e. The topological polar surface area (TPSA) is 65.4 Å². The van der Waals surface area contributed by atoms with Crippen molar-refractivity contribution in [1.82, 2.24) is 14.9 Å². The molecule has 0 saturated heterocycles. The molecule has 1 N–H and O–H groups in total. The molecular formula is C22H20BrN3O3S. The van der Waals surface area contributed by atoms with Crippen LogP contribution in [0.4, 0.5) is 0 Å². The van der Waals surface area contributed by atoms with Gasteiger partial charge in [-0.05, 0) is 58.4 Å². The molecule has 0 unspecified atom stereocenters. The highest BCUT2D eigenvalue weighted by molar-refractivity contribution is 9.11. The first-order valence-electron chi connectivity index (χ1n) is 9.28. The number of halogens is 1. The third kappa shape index (κ3) is 4.34. The van der Waals surface area contributed by atoms with E-state index < -0.39 is 0 Å². The van der Waals surface area contributed by atoms with Crippen LogP contribution < -0.4 is 14.8 Å². The van der Waals surface area contributed by atoms with Crippen LogP contribution >= 0.6 is 27.3 Å². The number of nitrogens with zero attached hydrogens (tertiary/aromatic N) is 2. The van der Waals surface area contributed by atoms with Crippen molar-refractivity contribution in [3.63, 3.8) is 0 Å². The molecule has 154 valence electrons. The number of methoxy groups -OCH3 is 1. The quantitative estimate of drug-likeness (QED) is 0.403. The highest BCUT2D eigenvalue weighted by Crippen LogP contribution is 2.30. The van der Waals surface area contributed by atoms with E-state index in [9.17, 15) is 4.79 Å². The lowest BCUT2D eigenvalue weighted by Crippen LogP contribution is -2.24. The molecule has 0 fully saturated rings. The number of para-hydroxylation sites is 2. The van der Waals surface area contributed by atoms with Crippen LogP contribution in [-0.2, 0) is 20.2 Å². The predicted octanol–water partition coefficient (Wildman–Crippen LogP) is 4.91. The molecule has 8 heteroatoms. The van der Waals surface area contributed by atoms with Gasteiger partial charge in [-0.15, -0.1) is 11.3 Å². The Bertz CT molecular complexity index is 1200. The highest BCUT2D eigenvalue weighted by Gasteiger charge is 2.13. The van der Waals surface area contributed by atoms with Crippen LogP contribution in [-0.4, -0.2) is 22.6 Å². The Kier molecular flexibility index (Phi) is 6.06. The second-order valence-electron chi connectivity index (χ2n) is 6.62. The predicted molar refractivity (Wildman–Crippen MR) is 121 cm³/mol. The molecule has 6 nitrogen and oxygen atoms in total. The van der Waals surface area contributed by atoms with E-state index in [2.05, 4.69) is 26.2 Å². The first kappa shape index (κ1) is 20.4. The third-order valence-electron chi connectivity index (χ3n) is 4.71. The Morgan fingerprint density at radius 2 is 2.00 bits per heavy atom. The van der Waals surface area contributed by atoms with Crippen molar-refractivity contribution in [3.05, 3.63) is 74.6 Å². The Labute approximate surface area is 186 Å². The number of aryl methyl sites for hydroxylation is 1.